The lowest BCUT2D eigenvalue weighted by Crippen LogP contribution is -2.43. The molecule has 1 atom stereocenters. The Morgan fingerprint density at radius 1 is 1.21 bits per heavy atom. The maximum Gasteiger partial charge on any atom is 0.223 e. The molecule has 1 saturated carbocycles. The van der Waals surface area contributed by atoms with Gasteiger partial charge in [0.05, 0.1) is 25.8 Å². The van der Waals surface area contributed by atoms with Crippen molar-refractivity contribution in [1.82, 2.24) is 20.9 Å². The second kappa shape index (κ2) is 12.4. The summed E-state index contributed by atoms with van der Waals surface area (Å²) in [5, 5.41) is 9.54. The van der Waals surface area contributed by atoms with Crippen LogP contribution in [0.2, 0.25) is 0 Å². The number of nitrogens with zero attached hydrogens (tertiary/aromatic N) is 2. The number of rotatable bonds is 9. The van der Waals surface area contributed by atoms with Crippen molar-refractivity contribution in [2.24, 2.45) is 10.9 Å². The van der Waals surface area contributed by atoms with Gasteiger partial charge in [0.1, 0.15) is 11.5 Å². The molecule has 1 saturated heterocycles. The fourth-order valence-corrected chi connectivity index (χ4v) is 3.28. The van der Waals surface area contributed by atoms with E-state index in [1.807, 2.05) is 26.0 Å². The number of furan rings is 1. The number of carbonyl (C=O) groups is 1. The van der Waals surface area contributed by atoms with Crippen molar-refractivity contribution in [2.75, 3.05) is 52.5 Å². The highest BCUT2D eigenvalue weighted by molar-refractivity contribution is 14.0. The van der Waals surface area contributed by atoms with E-state index in [9.17, 15) is 4.79 Å². The van der Waals surface area contributed by atoms with E-state index in [0.29, 0.717) is 19.6 Å². The lowest BCUT2D eigenvalue weighted by Gasteiger charge is -2.32. The van der Waals surface area contributed by atoms with Crippen LogP contribution in [0.5, 0.6) is 0 Å². The molecular weight excluding hydrogens is 485 g/mol. The third kappa shape index (κ3) is 7.78. The Hall–Kier alpha value is -1.33. The molecule has 2 aliphatic rings. The molecule has 29 heavy (non-hydrogen) atoms. The van der Waals surface area contributed by atoms with Gasteiger partial charge in [-0.15, -0.1) is 24.0 Å². The van der Waals surface area contributed by atoms with Gasteiger partial charge in [-0.05, 0) is 38.8 Å². The lowest BCUT2D eigenvalue weighted by molar-refractivity contribution is -0.122. The fraction of sp³-hybridized carbons (Fsp3) is 0.700. The summed E-state index contributed by atoms with van der Waals surface area (Å²) in [5.41, 5.74) is 0. The van der Waals surface area contributed by atoms with Gasteiger partial charge in [-0.1, -0.05) is 0 Å². The first-order chi connectivity index (χ1) is 13.7. The van der Waals surface area contributed by atoms with Crippen molar-refractivity contribution >= 4 is 35.8 Å². The summed E-state index contributed by atoms with van der Waals surface area (Å²) in [6.45, 7) is 9.84. The number of aryl methyl sites for hydroxylation is 1. The molecule has 1 amide bonds. The number of amides is 1. The van der Waals surface area contributed by atoms with Gasteiger partial charge in [0, 0.05) is 38.6 Å². The molecular formula is C20H34IN5O3. The highest BCUT2D eigenvalue weighted by Gasteiger charge is 2.29. The van der Waals surface area contributed by atoms with E-state index in [1.165, 1.54) is 0 Å². The molecule has 164 valence electrons. The first-order valence-electron chi connectivity index (χ1n) is 10.4. The quantitative estimate of drug-likeness (QED) is 0.199. The molecule has 1 aromatic rings. The van der Waals surface area contributed by atoms with Crippen molar-refractivity contribution in [3.8, 4) is 0 Å². The minimum absolute atomic E-state index is 0. The van der Waals surface area contributed by atoms with Crippen molar-refractivity contribution < 1.29 is 13.9 Å². The predicted octanol–water partition coefficient (Wildman–Crippen LogP) is 1.66. The molecule has 3 rings (SSSR count). The Labute approximate surface area is 190 Å². The monoisotopic (exact) mass is 519 g/mol. The van der Waals surface area contributed by atoms with E-state index < -0.39 is 0 Å². The summed E-state index contributed by atoms with van der Waals surface area (Å²) in [7, 11) is 0. The summed E-state index contributed by atoms with van der Waals surface area (Å²) in [5.74, 6) is 3.02. The van der Waals surface area contributed by atoms with E-state index in [-0.39, 0.29) is 41.8 Å². The summed E-state index contributed by atoms with van der Waals surface area (Å²) in [6.07, 6.45) is 2.05. The molecule has 0 bridgehead atoms. The third-order valence-corrected chi connectivity index (χ3v) is 5.01. The van der Waals surface area contributed by atoms with Gasteiger partial charge < -0.3 is 25.1 Å². The molecule has 0 aromatic carbocycles. The molecule has 1 unspecified atom stereocenters. The van der Waals surface area contributed by atoms with Crippen LogP contribution < -0.4 is 16.0 Å². The maximum absolute atomic E-state index is 11.7. The van der Waals surface area contributed by atoms with E-state index in [1.54, 1.807) is 0 Å². The zero-order valence-electron chi connectivity index (χ0n) is 17.4. The maximum atomic E-state index is 11.7. The number of carbonyl (C=O) groups excluding carboxylic acids is 1. The lowest BCUT2D eigenvalue weighted by atomic mass is 10.1. The molecule has 8 nitrogen and oxygen atoms in total. The minimum atomic E-state index is 0. The van der Waals surface area contributed by atoms with Crippen LogP contribution in [-0.2, 0) is 9.53 Å². The summed E-state index contributed by atoms with van der Waals surface area (Å²) in [4.78, 5) is 18.9. The van der Waals surface area contributed by atoms with Crippen LogP contribution in [0.3, 0.4) is 0 Å². The Bertz CT molecular complexity index is 656. The Balaban J connectivity index is 0.00000300. The average Bonchev–Trinajstić information content (AvgIpc) is 3.48. The standard InChI is InChI=1S/C20H33N5O3.HI/c1-3-21-20(23-9-8-22-19(26)16-5-6-16)24-14-17(18-7-4-15(2)28-18)25-10-12-27-13-11-25;/h4,7,16-17H,3,5-6,8-14H2,1-2H3,(H,22,26)(H2,21,23,24);1H. The Kier molecular flexibility index (Phi) is 10.2. The van der Waals surface area contributed by atoms with Crippen LogP contribution in [0, 0.1) is 12.8 Å². The number of hydrogen-bond acceptors (Lipinski definition) is 5. The van der Waals surface area contributed by atoms with Gasteiger partial charge in [0.25, 0.3) is 0 Å². The smallest absolute Gasteiger partial charge is 0.223 e. The topological polar surface area (TPSA) is 91.1 Å². The van der Waals surface area contributed by atoms with Crippen molar-refractivity contribution in [2.45, 2.75) is 32.7 Å². The molecule has 2 fully saturated rings. The van der Waals surface area contributed by atoms with Crippen molar-refractivity contribution in [3.63, 3.8) is 0 Å². The predicted molar refractivity (Wildman–Crippen MR) is 124 cm³/mol. The van der Waals surface area contributed by atoms with E-state index in [2.05, 4.69) is 20.9 Å². The molecule has 9 heteroatoms. The number of ether oxygens (including phenoxy) is 1. The number of nitrogens with one attached hydrogen (secondary N) is 3. The SMILES string of the molecule is CCNC(=NCC(c1ccc(C)o1)N1CCOCC1)NCCNC(=O)C1CC1.I. The molecule has 0 spiro atoms. The molecule has 1 aliphatic heterocycles. The van der Waals surface area contributed by atoms with Crippen LogP contribution in [-0.4, -0.2) is 69.2 Å². The van der Waals surface area contributed by atoms with E-state index >= 15 is 0 Å². The summed E-state index contributed by atoms with van der Waals surface area (Å²) >= 11 is 0. The van der Waals surface area contributed by atoms with Gasteiger partial charge in [-0.2, -0.15) is 0 Å². The Morgan fingerprint density at radius 3 is 2.55 bits per heavy atom. The molecule has 1 aromatic heterocycles. The first kappa shape index (κ1) is 23.9. The van der Waals surface area contributed by atoms with Gasteiger partial charge in [-0.25, -0.2) is 0 Å². The van der Waals surface area contributed by atoms with Gasteiger partial charge in [0.2, 0.25) is 5.91 Å². The molecule has 0 radical (unpaired) electrons. The van der Waals surface area contributed by atoms with Gasteiger partial charge >= 0.3 is 0 Å². The molecule has 2 heterocycles. The second-order valence-corrected chi connectivity index (χ2v) is 7.32. The molecule has 1 aliphatic carbocycles. The van der Waals surface area contributed by atoms with Crippen LogP contribution in [0.25, 0.3) is 0 Å². The van der Waals surface area contributed by atoms with Crippen LogP contribution in [0.15, 0.2) is 21.5 Å². The number of guanidine groups is 1. The number of morpholine rings is 1. The number of halogens is 1. The Morgan fingerprint density at radius 2 is 1.93 bits per heavy atom. The van der Waals surface area contributed by atoms with E-state index in [4.69, 9.17) is 14.1 Å². The van der Waals surface area contributed by atoms with Gasteiger partial charge in [0.15, 0.2) is 5.96 Å². The van der Waals surface area contributed by atoms with Crippen molar-refractivity contribution in [1.29, 1.82) is 0 Å². The number of aliphatic imine (C=N–C) groups is 1. The normalized spacial score (nSPS) is 18.6. The largest absolute Gasteiger partial charge is 0.465 e. The fourth-order valence-electron chi connectivity index (χ4n) is 3.28. The second-order valence-electron chi connectivity index (χ2n) is 7.32. The number of hydrogen-bond donors (Lipinski definition) is 3. The van der Waals surface area contributed by atoms with Crippen molar-refractivity contribution in [3.05, 3.63) is 23.7 Å². The highest BCUT2D eigenvalue weighted by atomic mass is 127. The zero-order valence-corrected chi connectivity index (χ0v) is 19.7. The summed E-state index contributed by atoms with van der Waals surface area (Å²) < 4.78 is 11.4. The minimum Gasteiger partial charge on any atom is -0.465 e. The zero-order chi connectivity index (χ0) is 19.8. The first-order valence-corrected chi connectivity index (χ1v) is 10.4. The molecule has 3 N–H and O–H groups in total. The average molecular weight is 519 g/mol. The van der Waals surface area contributed by atoms with Crippen LogP contribution in [0.4, 0.5) is 0 Å². The van der Waals surface area contributed by atoms with Crippen LogP contribution >= 0.6 is 24.0 Å². The van der Waals surface area contributed by atoms with Crippen LogP contribution in [0.1, 0.15) is 37.3 Å². The van der Waals surface area contributed by atoms with E-state index in [0.717, 1.165) is 63.2 Å². The highest BCUT2D eigenvalue weighted by Crippen LogP contribution is 2.28. The summed E-state index contributed by atoms with van der Waals surface area (Å²) in [6, 6.07) is 4.12. The third-order valence-electron chi connectivity index (χ3n) is 5.01. The van der Waals surface area contributed by atoms with Gasteiger partial charge in [-0.3, -0.25) is 14.7 Å².